The average Bonchev–Trinajstić information content (AvgIpc) is 2.10. The van der Waals surface area contributed by atoms with Crippen LogP contribution in [-0.2, 0) is 14.3 Å². The Kier molecular flexibility index (Phi) is 11.1. The summed E-state index contributed by atoms with van der Waals surface area (Å²) < 4.78 is 4.69. The Morgan fingerprint density at radius 3 is 2.43 bits per heavy atom. The molecule has 82 valence electrons. The van der Waals surface area contributed by atoms with Gasteiger partial charge in [-0.2, -0.15) is 0 Å². The van der Waals surface area contributed by atoms with Crippen molar-refractivity contribution in [1.82, 2.24) is 0 Å². The summed E-state index contributed by atoms with van der Waals surface area (Å²) in [4.78, 5) is 20.6. The predicted molar refractivity (Wildman–Crippen MR) is 54.5 cm³/mol. The molecule has 0 heterocycles. The molecule has 0 atom stereocenters. The summed E-state index contributed by atoms with van der Waals surface area (Å²) in [5.41, 5.74) is 0. The third-order valence-corrected chi connectivity index (χ3v) is 1.45. The minimum atomic E-state index is -0.789. The molecule has 4 nitrogen and oxygen atoms in total. The van der Waals surface area contributed by atoms with E-state index in [1.807, 2.05) is 0 Å². The Hall–Kier alpha value is -1.03. The summed E-state index contributed by atoms with van der Waals surface area (Å²) in [6, 6.07) is 0. The van der Waals surface area contributed by atoms with Crippen LogP contribution in [0.25, 0.3) is 0 Å². The lowest BCUT2D eigenvalue weighted by molar-refractivity contribution is -0.139. The van der Waals surface area contributed by atoms with Crippen LogP contribution in [0.5, 0.6) is 0 Å². The monoisotopic (exact) mass is 222 g/mol. The van der Waals surface area contributed by atoms with Crippen molar-refractivity contribution in [3.8, 4) is 0 Å². The molecule has 0 fully saturated rings. The van der Waals surface area contributed by atoms with E-state index in [1.165, 1.54) is 0 Å². The zero-order valence-corrected chi connectivity index (χ0v) is 8.72. The highest BCUT2D eigenvalue weighted by Crippen LogP contribution is 1.99. The molecule has 0 aromatic carbocycles. The smallest absolute Gasteiger partial charge is 0.330 e. The molecule has 0 bridgehead atoms. The second kappa shape index (κ2) is 10.1. The van der Waals surface area contributed by atoms with Crippen molar-refractivity contribution < 1.29 is 19.4 Å². The lowest BCUT2D eigenvalue weighted by Crippen LogP contribution is -2.02. The standard InChI is InChI=1S/C9H14O4.ClH/c1-2-9(12)13-7-5-3-4-6-8(10)11;/h2H,1,3-7H2,(H,10,11);1H. The SMILES string of the molecule is C=CC(=O)OCCCCCC(=O)O.Cl. The van der Waals surface area contributed by atoms with E-state index in [2.05, 4.69) is 6.58 Å². The number of hydrogen-bond donors (Lipinski definition) is 1. The normalized spacial score (nSPS) is 8.57. The van der Waals surface area contributed by atoms with E-state index in [-0.39, 0.29) is 18.8 Å². The Morgan fingerprint density at radius 2 is 1.93 bits per heavy atom. The van der Waals surface area contributed by atoms with E-state index in [0.717, 1.165) is 12.5 Å². The first-order chi connectivity index (χ1) is 6.16. The largest absolute Gasteiger partial charge is 0.481 e. The van der Waals surface area contributed by atoms with E-state index in [9.17, 15) is 9.59 Å². The number of carbonyl (C=O) groups is 2. The summed E-state index contributed by atoms with van der Waals surface area (Å²) in [5.74, 6) is -1.22. The fraction of sp³-hybridized carbons (Fsp3) is 0.556. The van der Waals surface area contributed by atoms with Gasteiger partial charge in [-0.3, -0.25) is 4.79 Å². The van der Waals surface area contributed by atoms with Gasteiger partial charge in [0.05, 0.1) is 6.61 Å². The van der Waals surface area contributed by atoms with Crippen molar-refractivity contribution in [3.63, 3.8) is 0 Å². The maximum atomic E-state index is 10.5. The number of carboxylic acids is 1. The highest BCUT2D eigenvalue weighted by atomic mass is 35.5. The Labute approximate surface area is 89.4 Å². The van der Waals surface area contributed by atoms with Gasteiger partial charge in [-0.25, -0.2) is 4.79 Å². The topological polar surface area (TPSA) is 63.6 Å². The first-order valence-electron chi connectivity index (χ1n) is 4.18. The van der Waals surface area contributed by atoms with Gasteiger partial charge in [-0.1, -0.05) is 6.58 Å². The summed E-state index contributed by atoms with van der Waals surface area (Å²) in [6.07, 6.45) is 3.37. The average molecular weight is 223 g/mol. The summed E-state index contributed by atoms with van der Waals surface area (Å²) in [6.45, 7) is 3.58. The van der Waals surface area contributed by atoms with Crippen LogP contribution in [0.3, 0.4) is 0 Å². The molecule has 0 aliphatic carbocycles. The van der Waals surface area contributed by atoms with Crippen molar-refractivity contribution in [2.75, 3.05) is 6.61 Å². The molecule has 0 aromatic rings. The second-order valence-corrected chi connectivity index (χ2v) is 2.58. The number of carbonyl (C=O) groups excluding carboxylic acids is 1. The maximum Gasteiger partial charge on any atom is 0.330 e. The number of aliphatic carboxylic acids is 1. The third-order valence-electron chi connectivity index (χ3n) is 1.45. The van der Waals surface area contributed by atoms with Crippen molar-refractivity contribution in [3.05, 3.63) is 12.7 Å². The number of carboxylic acid groups (broad SMARTS) is 1. The number of esters is 1. The van der Waals surface area contributed by atoms with E-state index >= 15 is 0 Å². The number of halogens is 1. The number of ether oxygens (including phenoxy) is 1. The van der Waals surface area contributed by atoms with E-state index in [0.29, 0.717) is 19.4 Å². The number of hydrogen-bond acceptors (Lipinski definition) is 3. The molecule has 0 unspecified atom stereocenters. The van der Waals surface area contributed by atoms with Crippen LogP contribution < -0.4 is 0 Å². The molecule has 5 heteroatoms. The molecule has 14 heavy (non-hydrogen) atoms. The fourth-order valence-corrected chi connectivity index (χ4v) is 0.787. The van der Waals surface area contributed by atoms with Crippen molar-refractivity contribution in [1.29, 1.82) is 0 Å². The van der Waals surface area contributed by atoms with Crippen molar-refractivity contribution in [2.45, 2.75) is 25.7 Å². The van der Waals surface area contributed by atoms with Crippen LogP contribution in [0.15, 0.2) is 12.7 Å². The van der Waals surface area contributed by atoms with Gasteiger partial charge in [0.2, 0.25) is 0 Å². The first-order valence-corrected chi connectivity index (χ1v) is 4.18. The molecule has 0 aromatic heterocycles. The first kappa shape index (κ1) is 15.4. The zero-order chi connectivity index (χ0) is 10.1. The number of unbranched alkanes of at least 4 members (excludes halogenated alkanes) is 2. The molecular weight excluding hydrogens is 208 g/mol. The molecule has 0 saturated heterocycles. The van der Waals surface area contributed by atoms with E-state index in [1.54, 1.807) is 0 Å². The highest BCUT2D eigenvalue weighted by Gasteiger charge is 1.97. The quantitative estimate of drug-likeness (QED) is 0.405. The minimum absolute atomic E-state index is 0. The van der Waals surface area contributed by atoms with Gasteiger partial charge >= 0.3 is 11.9 Å². The molecule has 0 radical (unpaired) electrons. The van der Waals surface area contributed by atoms with Crippen molar-refractivity contribution in [2.24, 2.45) is 0 Å². The maximum absolute atomic E-state index is 10.5. The van der Waals surface area contributed by atoms with Crippen LogP contribution in [-0.4, -0.2) is 23.7 Å². The summed E-state index contributed by atoms with van der Waals surface area (Å²) >= 11 is 0. The van der Waals surface area contributed by atoms with Gasteiger partial charge in [0.1, 0.15) is 0 Å². The van der Waals surface area contributed by atoms with Crippen LogP contribution in [0, 0.1) is 0 Å². The molecule has 0 spiro atoms. The summed E-state index contributed by atoms with van der Waals surface area (Å²) in [5, 5.41) is 8.30. The van der Waals surface area contributed by atoms with Crippen LogP contribution in [0.4, 0.5) is 0 Å². The van der Waals surface area contributed by atoms with Gasteiger partial charge in [0, 0.05) is 12.5 Å². The van der Waals surface area contributed by atoms with Crippen LogP contribution in [0.2, 0.25) is 0 Å². The van der Waals surface area contributed by atoms with Crippen LogP contribution in [0.1, 0.15) is 25.7 Å². The van der Waals surface area contributed by atoms with Gasteiger partial charge in [0.15, 0.2) is 0 Å². The fourth-order valence-electron chi connectivity index (χ4n) is 0.787. The molecule has 0 amide bonds. The van der Waals surface area contributed by atoms with Gasteiger partial charge in [-0.15, -0.1) is 12.4 Å². The van der Waals surface area contributed by atoms with Gasteiger partial charge in [-0.05, 0) is 19.3 Å². The third kappa shape index (κ3) is 11.0. The lowest BCUT2D eigenvalue weighted by Gasteiger charge is -2.00. The molecule has 0 rings (SSSR count). The molecule has 0 aliphatic rings. The number of rotatable bonds is 7. The minimum Gasteiger partial charge on any atom is -0.481 e. The highest BCUT2D eigenvalue weighted by molar-refractivity contribution is 5.85. The lowest BCUT2D eigenvalue weighted by atomic mass is 10.2. The molecular formula is C9H15ClO4. The summed E-state index contributed by atoms with van der Waals surface area (Å²) in [7, 11) is 0. The molecule has 0 aliphatic heterocycles. The van der Waals surface area contributed by atoms with Crippen molar-refractivity contribution >= 4 is 24.3 Å². The van der Waals surface area contributed by atoms with Crippen LogP contribution >= 0.6 is 12.4 Å². The van der Waals surface area contributed by atoms with Gasteiger partial charge < -0.3 is 9.84 Å². The van der Waals surface area contributed by atoms with E-state index < -0.39 is 11.9 Å². The van der Waals surface area contributed by atoms with Gasteiger partial charge in [0.25, 0.3) is 0 Å². The second-order valence-electron chi connectivity index (χ2n) is 2.58. The van der Waals surface area contributed by atoms with E-state index in [4.69, 9.17) is 9.84 Å². The Balaban J connectivity index is 0. The zero-order valence-electron chi connectivity index (χ0n) is 7.90. The Bertz CT molecular complexity index is 191. The Morgan fingerprint density at radius 1 is 1.29 bits per heavy atom. The molecule has 0 saturated carbocycles. The molecule has 1 N–H and O–H groups in total. The predicted octanol–water partition coefficient (Wildman–Crippen LogP) is 1.78.